The van der Waals surface area contributed by atoms with Crippen LogP contribution in [0.1, 0.15) is 11.1 Å². The van der Waals surface area contributed by atoms with Crippen molar-refractivity contribution in [3.63, 3.8) is 0 Å². The van der Waals surface area contributed by atoms with E-state index in [4.69, 9.17) is 12.2 Å². The van der Waals surface area contributed by atoms with Gasteiger partial charge in [0.1, 0.15) is 22.3 Å². The summed E-state index contributed by atoms with van der Waals surface area (Å²) in [5.74, 6) is 0.820. The third-order valence-electron chi connectivity index (χ3n) is 3.57. The van der Waals surface area contributed by atoms with E-state index in [1.165, 1.54) is 36.0 Å². The molecule has 0 saturated heterocycles. The SMILES string of the molecule is Fc1ccc(CSc2ccc(N=C=S)c(SCc3ccc(F)cc3)n2)cc1. The minimum absolute atomic E-state index is 0.247. The molecule has 0 fully saturated rings. The first-order valence-corrected chi connectivity index (χ1v) is 10.4. The highest BCUT2D eigenvalue weighted by atomic mass is 32.2. The largest absolute Gasteiger partial charge is 0.233 e. The van der Waals surface area contributed by atoms with Crippen molar-refractivity contribution in [3.8, 4) is 0 Å². The number of nitrogens with zero attached hydrogens (tertiary/aromatic N) is 2. The lowest BCUT2D eigenvalue weighted by molar-refractivity contribution is 0.627. The van der Waals surface area contributed by atoms with E-state index in [0.717, 1.165) is 21.2 Å². The maximum atomic E-state index is 13.0. The van der Waals surface area contributed by atoms with Crippen LogP contribution in [0.3, 0.4) is 0 Å². The van der Waals surface area contributed by atoms with Crippen LogP contribution < -0.4 is 0 Å². The minimum Gasteiger partial charge on any atom is -0.233 e. The molecule has 0 spiro atoms. The zero-order valence-electron chi connectivity index (χ0n) is 14.1. The second-order valence-electron chi connectivity index (χ2n) is 5.51. The van der Waals surface area contributed by atoms with Crippen molar-refractivity contribution in [2.75, 3.05) is 0 Å². The normalized spacial score (nSPS) is 10.4. The molecule has 0 bridgehead atoms. The Morgan fingerprint density at radius 3 is 1.93 bits per heavy atom. The van der Waals surface area contributed by atoms with E-state index in [-0.39, 0.29) is 11.6 Å². The van der Waals surface area contributed by atoms with E-state index in [2.05, 4.69) is 15.1 Å². The van der Waals surface area contributed by atoms with Gasteiger partial charge >= 0.3 is 0 Å². The summed E-state index contributed by atoms with van der Waals surface area (Å²) in [6, 6.07) is 16.5. The second kappa shape index (κ2) is 9.76. The fourth-order valence-electron chi connectivity index (χ4n) is 2.21. The summed E-state index contributed by atoms with van der Waals surface area (Å²) in [6.07, 6.45) is 0. The Morgan fingerprint density at radius 1 is 0.815 bits per heavy atom. The van der Waals surface area contributed by atoms with Crippen LogP contribution in [-0.2, 0) is 11.5 Å². The summed E-state index contributed by atoms with van der Waals surface area (Å²) in [5, 5.41) is 3.95. The van der Waals surface area contributed by atoms with Gasteiger partial charge in [0, 0.05) is 11.5 Å². The van der Waals surface area contributed by atoms with Crippen LogP contribution in [0.15, 0.2) is 75.7 Å². The molecule has 3 aromatic rings. The van der Waals surface area contributed by atoms with Crippen molar-refractivity contribution in [2.45, 2.75) is 21.6 Å². The molecular formula is C20H14F2N2S3. The van der Waals surface area contributed by atoms with Crippen LogP contribution in [0, 0.1) is 11.6 Å². The summed E-state index contributed by atoms with van der Waals surface area (Å²) in [4.78, 5) is 8.73. The third kappa shape index (κ3) is 5.97. The predicted octanol–water partition coefficient (Wildman–Crippen LogP) is 6.68. The van der Waals surface area contributed by atoms with Gasteiger partial charge in [-0.05, 0) is 59.7 Å². The molecule has 0 aliphatic rings. The smallest absolute Gasteiger partial charge is 0.124 e. The van der Waals surface area contributed by atoms with Crippen LogP contribution in [0.4, 0.5) is 14.5 Å². The van der Waals surface area contributed by atoms with E-state index in [9.17, 15) is 8.78 Å². The molecule has 1 heterocycles. The molecule has 0 atom stereocenters. The molecule has 0 aliphatic carbocycles. The molecule has 0 radical (unpaired) electrons. The van der Waals surface area contributed by atoms with E-state index in [0.29, 0.717) is 17.2 Å². The van der Waals surface area contributed by atoms with Gasteiger partial charge in [-0.3, -0.25) is 0 Å². The Morgan fingerprint density at radius 2 is 1.37 bits per heavy atom. The lowest BCUT2D eigenvalue weighted by Gasteiger charge is -2.07. The fourth-order valence-corrected chi connectivity index (χ4v) is 4.11. The van der Waals surface area contributed by atoms with Crippen molar-refractivity contribution < 1.29 is 8.78 Å². The Labute approximate surface area is 170 Å². The average Bonchev–Trinajstić information content (AvgIpc) is 2.68. The zero-order valence-corrected chi connectivity index (χ0v) is 16.5. The molecule has 0 aliphatic heterocycles. The number of halogens is 2. The highest BCUT2D eigenvalue weighted by molar-refractivity contribution is 7.99. The van der Waals surface area contributed by atoms with Crippen molar-refractivity contribution in [1.82, 2.24) is 4.98 Å². The molecular weight excluding hydrogens is 402 g/mol. The molecule has 27 heavy (non-hydrogen) atoms. The molecule has 2 nitrogen and oxygen atoms in total. The van der Waals surface area contributed by atoms with E-state index in [1.54, 1.807) is 36.0 Å². The summed E-state index contributed by atoms with van der Waals surface area (Å²) in [6.45, 7) is 0. The first-order chi connectivity index (χ1) is 13.1. The van der Waals surface area contributed by atoms with Gasteiger partial charge in [0.2, 0.25) is 0 Å². The van der Waals surface area contributed by atoms with Crippen LogP contribution in [-0.4, -0.2) is 10.1 Å². The van der Waals surface area contributed by atoms with Crippen LogP contribution in [0.25, 0.3) is 0 Å². The van der Waals surface area contributed by atoms with Crippen LogP contribution in [0.5, 0.6) is 0 Å². The van der Waals surface area contributed by atoms with E-state index >= 15 is 0 Å². The van der Waals surface area contributed by atoms with Gasteiger partial charge < -0.3 is 0 Å². The highest BCUT2D eigenvalue weighted by Crippen LogP contribution is 2.33. The van der Waals surface area contributed by atoms with Gasteiger partial charge in [0.25, 0.3) is 0 Å². The number of hydrogen-bond acceptors (Lipinski definition) is 5. The number of benzene rings is 2. The molecule has 0 unspecified atom stereocenters. The molecule has 3 rings (SSSR count). The van der Waals surface area contributed by atoms with E-state index in [1.807, 2.05) is 12.1 Å². The van der Waals surface area contributed by atoms with Gasteiger partial charge in [-0.25, -0.2) is 13.8 Å². The molecule has 136 valence electrons. The standard InChI is InChI=1S/C20H14F2N2S3/c21-16-5-1-14(2-6-16)11-26-19-10-9-18(23-13-25)20(24-19)27-12-15-3-7-17(22)8-4-15/h1-10H,11-12H2. The first-order valence-electron chi connectivity index (χ1n) is 7.97. The molecule has 0 N–H and O–H groups in total. The summed E-state index contributed by atoms with van der Waals surface area (Å²) in [7, 11) is 0. The Hall–Kier alpha value is -2.05. The maximum Gasteiger partial charge on any atom is 0.124 e. The summed E-state index contributed by atoms with van der Waals surface area (Å²) in [5.41, 5.74) is 2.66. The van der Waals surface area contributed by atoms with Crippen molar-refractivity contribution in [2.24, 2.45) is 4.99 Å². The molecule has 1 aromatic heterocycles. The topological polar surface area (TPSA) is 25.2 Å². The van der Waals surface area contributed by atoms with Crippen molar-refractivity contribution >= 4 is 46.6 Å². The fraction of sp³-hybridized carbons (Fsp3) is 0.100. The van der Waals surface area contributed by atoms with E-state index < -0.39 is 0 Å². The number of thiocarbonyl (C=S) groups is 1. The number of aliphatic imine (C=N–C) groups is 1. The van der Waals surface area contributed by atoms with Crippen molar-refractivity contribution in [1.29, 1.82) is 0 Å². The molecule has 0 amide bonds. The Balaban J connectivity index is 1.72. The monoisotopic (exact) mass is 416 g/mol. The Kier molecular flexibility index (Phi) is 7.12. The number of rotatable bonds is 7. The lowest BCUT2D eigenvalue weighted by atomic mass is 10.2. The molecule has 2 aromatic carbocycles. The third-order valence-corrected chi connectivity index (χ3v) is 5.71. The summed E-state index contributed by atoms with van der Waals surface area (Å²) >= 11 is 7.78. The van der Waals surface area contributed by atoms with Crippen LogP contribution in [0.2, 0.25) is 0 Å². The van der Waals surface area contributed by atoms with Gasteiger partial charge in [-0.1, -0.05) is 36.0 Å². The van der Waals surface area contributed by atoms with Gasteiger partial charge in [0.05, 0.1) is 10.2 Å². The lowest BCUT2D eigenvalue weighted by Crippen LogP contribution is -1.89. The zero-order chi connectivity index (χ0) is 19.1. The maximum absolute atomic E-state index is 13.0. The second-order valence-corrected chi connectivity index (χ2v) is 7.65. The average molecular weight is 417 g/mol. The number of isothiocyanates is 1. The quantitative estimate of drug-likeness (QED) is 0.244. The van der Waals surface area contributed by atoms with Crippen molar-refractivity contribution in [3.05, 3.63) is 83.4 Å². The number of hydrogen-bond donors (Lipinski definition) is 0. The number of aromatic nitrogens is 1. The number of pyridine rings is 1. The minimum atomic E-state index is -0.257. The van der Waals surface area contributed by atoms with Gasteiger partial charge in [0.15, 0.2) is 0 Å². The van der Waals surface area contributed by atoms with Gasteiger partial charge in [-0.2, -0.15) is 4.99 Å². The highest BCUT2D eigenvalue weighted by Gasteiger charge is 2.08. The van der Waals surface area contributed by atoms with Crippen LogP contribution >= 0.6 is 35.7 Å². The van der Waals surface area contributed by atoms with Gasteiger partial charge in [-0.15, -0.1) is 11.8 Å². The predicted molar refractivity (Wildman–Crippen MR) is 111 cm³/mol. The Bertz CT molecular complexity index is 954. The first kappa shape index (κ1) is 19.7. The molecule has 0 saturated carbocycles. The summed E-state index contributed by atoms with van der Waals surface area (Å²) < 4.78 is 26.0. The molecule has 7 heteroatoms. The number of thioether (sulfide) groups is 2.